The summed E-state index contributed by atoms with van der Waals surface area (Å²) >= 11 is 3.15. The Balaban J connectivity index is 0.00000180. The van der Waals surface area contributed by atoms with E-state index in [1.54, 1.807) is 12.1 Å². The summed E-state index contributed by atoms with van der Waals surface area (Å²) in [5, 5.41) is 6.10. The van der Waals surface area contributed by atoms with Gasteiger partial charge in [-0.1, -0.05) is 6.07 Å². The fraction of sp³-hybridized carbons (Fsp3) is 0.462. The highest BCUT2D eigenvalue weighted by Crippen LogP contribution is 2.17. The molecule has 1 aromatic rings. The van der Waals surface area contributed by atoms with Gasteiger partial charge in [0.25, 0.3) is 0 Å². The Morgan fingerprint density at radius 3 is 2.95 bits per heavy atom. The molecule has 1 amide bonds. The summed E-state index contributed by atoms with van der Waals surface area (Å²) in [5.74, 6) is -0.209. The van der Waals surface area contributed by atoms with Crippen LogP contribution in [0.4, 0.5) is 4.39 Å². The number of benzene rings is 1. The fourth-order valence-electron chi connectivity index (χ4n) is 2.02. The molecule has 1 aromatic carbocycles. The third-order valence-corrected chi connectivity index (χ3v) is 3.68. The first-order valence-electron chi connectivity index (χ1n) is 6.12. The van der Waals surface area contributed by atoms with Crippen molar-refractivity contribution in [3.63, 3.8) is 0 Å². The summed E-state index contributed by atoms with van der Waals surface area (Å²) in [5.41, 5.74) is 0.959. The maximum Gasteiger partial charge on any atom is 0.237 e. The molecule has 0 saturated carbocycles. The zero-order valence-corrected chi connectivity index (χ0v) is 12.8. The molecule has 6 heteroatoms. The molecular weight excluding hydrogens is 335 g/mol. The molecule has 106 valence electrons. The predicted octanol–water partition coefficient (Wildman–Crippen LogP) is 2.77. The summed E-state index contributed by atoms with van der Waals surface area (Å²) in [7, 11) is 0. The van der Waals surface area contributed by atoms with Gasteiger partial charge in [0.1, 0.15) is 5.82 Å². The van der Waals surface area contributed by atoms with Gasteiger partial charge >= 0.3 is 0 Å². The number of amides is 1. The standard InChI is InChI=1S/C13H16BrFN2O.ClH/c14-10-7-9(4-5-11(10)15)8-17-12-3-1-2-6-16-13(12)18;/h4-5,7,12,17H,1-3,6,8H2,(H,16,18);1H. The van der Waals surface area contributed by atoms with Gasteiger partial charge in [0.15, 0.2) is 0 Å². The number of nitrogens with one attached hydrogen (secondary N) is 2. The molecule has 19 heavy (non-hydrogen) atoms. The van der Waals surface area contributed by atoms with E-state index in [0.717, 1.165) is 31.4 Å². The van der Waals surface area contributed by atoms with Crippen molar-refractivity contribution in [2.75, 3.05) is 6.54 Å². The second kappa shape index (κ2) is 7.82. The van der Waals surface area contributed by atoms with Gasteiger partial charge in [-0.05, 0) is 52.9 Å². The van der Waals surface area contributed by atoms with Crippen molar-refractivity contribution in [1.29, 1.82) is 0 Å². The minimum Gasteiger partial charge on any atom is -0.355 e. The topological polar surface area (TPSA) is 41.1 Å². The Kier molecular flexibility index (Phi) is 6.75. The van der Waals surface area contributed by atoms with E-state index < -0.39 is 0 Å². The maximum atomic E-state index is 13.1. The lowest BCUT2D eigenvalue weighted by atomic mass is 10.1. The van der Waals surface area contributed by atoms with Gasteiger partial charge in [-0.25, -0.2) is 4.39 Å². The molecule has 0 aromatic heterocycles. The zero-order chi connectivity index (χ0) is 13.0. The maximum absolute atomic E-state index is 13.1. The van der Waals surface area contributed by atoms with Crippen molar-refractivity contribution in [1.82, 2.24) is 10.6 Å². The zero-order valence-electron chi connectivity index (χ0n) is 10.4. The Hall–Kier alpha value is -0.650. The van der Waals surface area contributed by atoms with Gasteiger partial charge in [0, 0.05) is 13.1 Å². The molecule has 0 aliphatic carbocycles. The number of rotatable bonds is 3. The van der Waals surface area contributed by atoms with Crippen molar-refractivity contribution in [3.05, 3.63) is 34.1 Å². The molecule has 0 spiro atoms. The normalized spacial score (nSPS) is 19.3. The quantitative estimate of drug-likeness (QED) is 0.879. The lowest BCUT2D eigenvalue weighted by Gasteiger charge is -2.15. The first kappa shape index (κ1) is 16.4. The van der Waals surface area contributed by atoms with Crippen molar-refractivity contribution >= 4 is 34.2 Å². The monoisotopic (exact) mass is 350 g/mol. The number of carbonyl (C=O) groups is 1. The van der Waals surface area contributed by atoms with Gasteiger partial charge < -0.3 is 10.6 Å². The van der Waals surface area contributed by atoms with Crippen molar-refractivity contribution in [2.45, 2.75) is 31.8 Å². The first-order chi connectivity index (χ1) is 8.66. The first-order valence-corrected chi connectivity index (χ1v) is 6.91. The third kappa shape index (κ3) is 4.75. The van der Waals surface area contributed by atoms with Crippen LogP contribution in [0.15, 0.2) is 22.7 Å². The molecule has 1 aliphatic rings. The van der Waals surface area contributed by atoms with Crippen LogP contribution in [0.3, 0.4) is 0 Å². The van der Waals surface area contributed by atoms with Crippen molar-refractivity contribution < 1.29 is 9.18 Å². The van der Waals surface area contributed by atoms with Gasteiger partial charge in [0.05, 0.1) is 10.5 Å². The highest BCUT2D eigenvalue weighted by molar-refractivity contribution is 9.10. The molecule has 1 unspecified atom stereocenters. The average Bonchev–Trinajstić information content (AvgIpc) is 2.56. The second-order valence-electron chi connectivity index (χ2n) is 4.47. The fourth-order valence-corrected chi connectivity index (χ4v) is 2.45. The highest BCUT2D eigenvalue weighted by Gasteiger charge is 2.19. The third-order valence-electron chi connectivity index (χ3n) is 3.07. The average molecular weight is 352 g/mol. The van der Waals surface area contributed by atoms with E-state index in [9.17, 15) is 9.18 Å². The number of carbonyl (C=O) groups excluding carboxylic acids is 1. The number of halogens is 3. The minimum absolute atomic E-state index is 0. The van der Waals surface area contributed by atoms with Crippen LogP contribution in [0.25, 0.3) is 0 Å². The SMILES string of the molecule is Cl.O=C1NCCCCC1NCc1ccc(F)c(Br)c1. The van der Waals surface area contributed by atoms with Crippen molar-refractivity contribution in [2.24, 2.45) is 0 Å². The smallest absolute Gasteiger partial charge is 0.237 e. The summed E-state index contributed by atoms with van der Waals surface area (Å²) in [6.07, 6.45) is 2.93. The van der Waals surface area contributed by atoms with E-state index >= 15 is 0 Å². The second-order valence-corrected chi connectivity index (χ2v) is 5.32. The molecule has 0 radical (unpaired) electrons. The number of hydrogen-bond acceptors (Lipinski definition) is 2. The van der Waals surface area contributed by atoms with E-state index in [1.807, 2.05) is 0 Å². The van der Waals surface area contributed by atoms with Crippen LogP contribution >= 0.6 is 28.3 Å². The summed E-state index contributed by atoms with van der Waals surface area (Å²) in [6, 6.07) is 4.74. The Morgan fingerprint density at radius 2 is 2.21 bits per heavy atom. The molecule has 1 heterocycles. The summed E-state index contributed by atoms with van der Waals surface area (Å²) < 4.78 is 13.5. The predicted molar refractivity (Wildman–Crippen MR) is 78.8 cm³/mol. The van der Waals surface area contributed by atoms with E-state index in [0.29, 0.717) is 11.0 Å². The molecule has 0 bridgehead atoms. The van der Waals surface area contributed by atoms with Crippen LogP contribution in [0.1, 0.15) is 24.8 Å². The molecule has 1 fully saturated rings. The molecule has 1 aliphatic heterocycles. The highest BCUT2D eigenvalue weighted by atomic mass is 79.9. The molecule has 2 N–H and O–H groups in total. The van der Waals surface area contributed by atoms with Crippen LogP contribution in [0.5, 0.6) is 0 Å². The van der Waals surface area contributed by atoms with E-state index in [2.05, 4.69) is 26.6 Å². The molecule has 1 atom stereocenters. The lowest BCUT2D eigenvalue weighted by Crippen LogP contribution is -2.42. The summed E-state index contributed by atoms with van der Waals surface area (Å²) in [4.78, 5) is 11.7. The van der Waals surface area contributed by atoms with Crippen molar-refractivity contribution in [3.8, 4) is 0 Å². The van der Waals surface area contributed by atoms with Crippen LogP contribution in [-0.2, 0) is 11.3 Å². The largest absolute Gasteiger partial charge is 0.355 e. The Labute approximate surface area is 126 Å². The Morgan fingerprint density at radius 1 is 1.42 bits per heavy atom. The minimum atomic E-state index is -0.272. The van der Waals surface area contributed by atoms with Gasteiger partial charge in [-0.3, -0.25) is 4.79 Å². The van der Waals surface area contributed by atoms with E-state index in [1.165, 1.54) is 6.07 Å². The van der Waals surface area contributed by atoms with Crippen LogP contribution in [-0.4, -0.2) is 18.5 Å². The van der Waals surface area contributed by atoms with E-state index in [-0.39, 0.29) is 30.2 Å². The Bertz CT molecular complexity index is 445. The number of hydrogen-bond donors (Lipinski definition) is 2. The molecular formula is C13H17BrClFN2O. The van der Waals surface area contributed by atoms with Crippen LogP contribution < -0.4 is 10.6 Å². The van der Waals surface area contributed by atoms with Crippen LogP contribution in [0.2, 0.25) is 0 Å². The van der Waals surface area contributed by atoms with Crippen LogP contribution in [0, 0.1) is 5.82 Å². The molecule has 2 rings (SSSR count). The van der Waals surface area contributed by atoms with E-state index in [4.69, 9.17) is 0 Å². The lowest BCUT2D eigenvalue weighted by molar-refractivity contribution is -0.122. The van der Waals surface area contributed by atoms with Gasteiger partial charge in [-0.15, -0.1) is 12.4 Å². The van der Waals surface area contributed by atoms with Gasteiger partial charge in [-0.2, -0.15) is 0 Å². The summed E-state index contributed by atoms with van der Waals surface area (Å²) in [6.45, 7) is 1.33. The molecule has 3 nitrogen and oxygen atoms in total. The molecule has 1 saturated heterocycles. The van der Waals surface area contributed by atoms with Gasteiger partial charge in [0.2, 0.25) is 5.91 Å².